The van der Waals surface area contributed by atoms with E-state index in [9.17, 15) is 19.0 Å². The summed E-state index contributed by atoms with van der Waals surface area (Å²) in [7, 11) is 1.49. The second-order valence-corrected chi connectivity index (χ2v) is 26.7. The van der Waals surface area contributed by atoms with Crippen molar-refractivity contribution in [2.24, 2.45) is 0 Å². The van der Waals surface area contributed by atoms with Gasteiger partial charge < -0.3 is 18.9 Å². The fraction of sp³-hybridized carbons (Fsp3) is 0.861. The van der Waals surface area contributed by atoms with Gasteiger partial charge in [-0.15, -0.1) is 0 Å². The SMILES string of the molecule is CCCCCCC/C=C\C/C=C\C/C=C\CCCCCCCCCCCCCCC(=O)OC(COC(=O)CCCCCCCCCCCCCCCCCCCCC/C=C\CCCCCCCCCC)COP(=O)(O)OCC[N+](C)(C)C. The first-order chi connectivity index (χ1) is 40.0. The molecule has 482 valence electrons. The molecule has 0 aromatic heterocycles. The zero-order chi connectivity index (χ0) is 59.8. The number of nitrogens with zero attached hydrogens (tertiary/aromatic N) is 1. The molecule has 0 rings (SSSR count). The number of hydrogen-bond acceptors (Lipinski definition) is 7. The van der Waals surface area contributed by atoms with Gasteiger partial charge in [0.15, 0.2) is 6.10 Å². The quantitative estimate of drug-likeness (QED) is 0.0211. The van der Waals surface area contributed by atoms with Gasteiger partial charge in [0.1, 0.15) is 19.8 Å². The van der Waals surface area contributed by atoms with Gasteiger partial charge in [-0.3, -0.25) is 18.6 Å². The summed E-state index contributed by atoms with van der Waals surface area (Å²) in [5, 5.41) is 0. The van der Waals surface area contributed by atoms with Gasteiger partial charge >= 0.3 is 19.8 Å². The third-order valence-electron chi connectivity index (χ3n) is 15.8. The minimum atomic E-state index is -4.39. The number of esters is 2. The van der Waals surface area contributed by atoms with Gasteiger partial charge in [-0.25, -0.2) is 4.57 Å². The molecular formula is C72H137NO8P+. The predicted octanol–water partition coefficient (Wildman–Crippen LogP) is 22.8. The Balaban J connectivity index is 4.01. The van der Waals surface area contributed by atoms with Crippen LogP contribution in [0, 0.1) is 0 Å². The number of carbonyl (C=O) groups is 2. The molecule has 0 amide bonds. The normalized spacial score (nSPS) is 13.4. The largest absolute Gasteiger partial charge is 0.472 e. The maximum absolute atomic E-state index is 12.9. The zero-order valence-electron chi connectivity index (χ0n) is 55.0. The Bertz CT molecular complexity index is 1520. The van der Waals surface area contributed by atoms with Crippen LogP contribution >= 0.6 is 7.82 Å². The molecule has 0 aliphatic carbocycles. The van der Waals surface area contributed by atoms with Gasteiger partial charge in [0, 0.05) is 12.8 Å². The predicted molar refractivity (Wildman–Crippen MR) is 353 cm³/mol. The minimum Gasteiger partial charge on any atom is -0.462 e. The molecule has 0 fully saturated rings. The van der Waals surface area contributed by atoms with E-state index in [0.29, 0.717) is 23.9 Å². The molecule has 9 nitrogen and oxygen atoms in total. The second kappa shape index (κ2) is 63.5. The summed E-state index contributed by atoms with van der Waals surface area (Å²) >= 11 is 0. The van der Waals surface area contributed by atoms with Crippen molar-refractivity contribution >= 4 is 19.8 Å². The molecule has 82 heavy (non-hydrogen) atoms. The third-order valence-corrected chi connectivity index (χ3v) is 16.8. The van der Waals surface area contributed by atoms with E-state index in [-0.39, 0.29) is 25.6 Å². The number of ether oxygens (including phenoxy) is 2. The summed E-state index contributed by atoms with van der Waals surface area (Å²) < 4.78 is 34.7. The van der Waals surface area contributed by atoms with E-state index in [1.165, 1.54) is 263 Å². The highest BCUT2D eigenvalue weighted by Crippen LogP contribution is 2.43. The van der Waals surface area contributed by atoms with Crippen LogP contribution in [0.15, 0.2) is 48.6 Å². The molecule has 0 bridgehead atoms. The lowest BCUT2D eigenvalue weighted by atomic mass is 10.0. The van der Waals surface area contributed by atoms with Crippen molar-refractivity contribution in [1.82, 2.24) is 0 Å². The highest BCUT2D eigenvalue weighted by molar-refractivity contribution is 7.47. The van der Waals surface area contributed by atoms with Crippen molar-refractivity contribution in [3.8, 4) is 0 Å². The van der Waals surface area contributed by atoms with Gasteiger partial charge in [-0.1, -0.05) is 306 Å². The van der Waals surface area contributed by atoms with Crippen LogP contribution in [-0.4, -0.2) is 74.9 Å². The average molecular weight is 1180 g/mol. The lowest BCUT2D eigenvalue weighted by molar-refractivity contribution is -0.870. The van der Waals surface area contributed by atoms with E-state index in [0.717, 1.165) is 51.4 Å². The maximum Gasteiger partial charge on any atom is 0.472 e. The molecule has 1 N–H and O–H groups in total. The molecule has 0 aliphatic heterocycles. The molecule has 0 saturated heterocycles. The summed E-state index contributed by atoms with van der Waals surface area (Å²) in [6.07, 6.45) is 82.2. The topological polar surface area (TPSA) is 108 Å². The Morgan fingerprint density at radius 3 is 0.988 bits per heavy atom. The molecule has 2 unspecified atom stereocenters. The molecule has 0 aliphatic rings. The average Bonchev–Trinajstić information content (AvgIpc) is 3.46. The fourth-order valence-electron chi connectivity index (χ4n) is 10.4. The van der Waals surface area contributed by atoms with E-state index in [2.05, 4.69) is 62.5 Å². The standard InChI is InChI=1S/C72H136NO8P/c1-6-8-10-12-14-16-18-20-22-24-26-28-30-32-34-35-36-37-39-40-42-44-46-48-50-52-54-56-58-60-62-64-71(74)78-68-70(69-80-82(76,77)79-67-66-73(3,4)5)81-72(75)65-63-61-59-57-55-53-51-49-47-45-43-41-38-33-31-29-27-25-23-21-19-17-15-13-11-9-7-2/h19,21,24-27,31,33,70H,6-18,20,22-23,28-30,32,34-69H2,1-5H3/p+1/b21-19-,26-24-,27-25-,33-31-. The number of unbranched alkanes of at least 4 members (excludes halogenated alkanes) is 44. The van der Waals surface area contributed by atoms with Crippen LogP contribution in [0.3, 0.4) is 0 Å². The number of phosphoric acid groups is 1. The van der Waals surface area contributed by atoms with E-state index in [1.807, 2.05) is 21.1 Å². The van der Waals surface area contributed by atoms with Gasteiger partial charge in [-0.05, 0) is 77.0 Å². The minimum absolute atomic E-state index is 0.0324. The number of rotatable bonds is 66. The van der Waals surface area contributed by atoms with E-state index in [1.54, 1.807) is 0 Å². The van der Waals surface area contributed by atoms with E-state index >= 15 is 0 Å². The Morgan fingerprint density at radius 2 is 0.659 bits per heavy atom. The summed E-state index contributed by atoms with van der Waals surface area (Å²) in [4.78, 5) is 35.9. The molecule has 0 radical (unpaired) electrons. The van der Waals surface area contributed by atoms with Crippen LogP contribution < -0.4 is 0 Å². The number of allylic oxidation sites excluding steroid dienone is 8. The van der Waals surface area contributed by atoms with Crippen molar-refractivity contribution in [1.29, 1.82) is 0 Å². The molecular weight excluding hydrogens is 1040 g/mol. The van der Waals surface area contributed by atoms with Crippen molar-refractivity contribution in [3.63, 3.8) is 0 Å². The number of carbonyl (C=O) groups excluding carboxylic acids is 2. The zero-order valence-corrected chi connectivity index (χ0v) is 55.9. The number of likely N-dealkylation sites (N-methyl/N-ethyl adjacent to an activating group) is 1. The smallest absolute Gasteiger partial charge is 0.462 e. The first-order valence-corrected chi connectivity index (χ1v) is 36.9. The third kappa shape index (κ3) is 67.1. The molecule has 0 aromatic carbocycles. The van der Waals surface area contributed by atoms with Gasteiger partial charge in [-0.2, -0.15) is 0 Å². The Hall–Kier alpha value is -2.03. The van der Waals surface area contributed by atoms with Crippen LogP contribution in [0.2, 0.25) is 0 Å². The lowest BCUT2D eigenvalue weighted by Gasteiger charge is -2.24. The van der Waals surface area contributed by atoms with Gasteiger partial charge in [0.05, 0.1) is 27.7 Å². The molecule has 2 atom stereocenters. The highest BCUT2D eigenvalue weighted by Gasteiger charge is 2.27. The van der Waals surface area contributed by atoms with Crippen molar-refractivity contribution in [2.75, 3.05) is 47.5 Å². The fourth-order valence-corrected chi connectivity index (χ4v) is 11.1. The lowest BCUT2D eigenvalue weighted by Crippen LogP contribution is -2.37. The molecule has 10 heteroatoms. The summed E-state index contributed by atoms with van der Waals surface area (Å²) in [5.41, 5.74) is 0. The molecule has 0 heterocycles. The summed E-state index contributed by atoms with van der Waals surface area (Å²) in [6.45, 7) is 4.48. The summed E-state index contributed by atoms with van der Waals surface area (Å²) in [5.74, 6) is -0.783. The molecule has 0 spiro atoms. The van der Waals surface area contributed by atoms with Crippen LogP contribution in [0.4, 0.5) is 0 Å². The Labute approximate surface area is 509 Å². The van der Waals surface area contributed by atoms with Crippen molar-refractivity contribution in [2.45, 2.75) is 354 Å². The van der Waals surface area contributed by atoms with E-state index < -0.39 is 26.5 Å². The molecule has 0 aromatic rings. The monoisotopic (exact) mass is 1180 g/mol. The highest BCUT2D eigenvalue weighted by atomic mass is 31.2. The second-order valence-electron chi connectivity index (χ2n) is 25.3. The van der Waals surface area contributed by atoms with Gasteiger partial charge in [0.2, 0.25) is 0 Å². The number of phosphoric ester groups is 1. The summed E-state index contributed by atoms with van der Waals surface area (Å²) in [6, 6.07) is 0. The molecule has 0 saturated carbocycles. The van der Waals surface area contributed by atoms with Gasteiger partial charge in [0.25, 0.3) is 0 Å². The van der Waals surface area contributed by atoms with Crippen molar-refractivity contribution < 1.29 is 42.1 Å². The van der Waals surface area contributed by atoms with E-state index in [4.69, 9.17) is 18.5 Å². The first-order valence-electron chi connectivity index (χ1n) is 35.4. The van der Waals surface area contributed by atoms with Crippen LogP contribution in [0.25, 0.3) is 0 Å². The maximum atomic E-state index is 12.9. The van der Waals surface area contributed by atoms with Crippen LogP contribution in [0.5, 0.6) is 0 Å². The van der Waals surface area contributed by atoms with Crippen LogP contribution in [-0.2, 0) is 32.7 Å². The van der Waals surface area contributed by atoms with Crippen molar-refractivity contribution in [3.05, 3.63) is 48.6 Å². The Morgan fingerprint density at radius 1 is 0.378 bits per heavy atom. The Kier molecular flexibility index (Phi) is 61.9. The first kappa shape index (κ1) is 80.0. The number of hydrogen-bond donors (Lipinski definition) is 1. The van der Waals surface area contributed by atoms with Crippen LogP contribution in [0.1, 0.15) is 348 Å². The number of quaternary nitrogens is 1.